The molecule has 1 aromatic carbocycles. The fraction of sp³-hybridized carbons (Fsp3) is 0.500. The molecule has 0 radical (unpaired) electrons. The van der Waals surface area contributed by atoms with Crippen LogP contribution in [0.1, 0.15) is 38.9 Å². The van der Waals surface area contributed by atoms with Crippen molar-refractivity contribution in [2.75, 3.05) is 6.61 Å². The molecule has 0 fully saturated rings. The molecule has 1 heterocycles. The zero-order chi connectivity index (χ0) is 14.4. The van der Waals surface area contributed by atoms with Crippen LogP contribution in [-0.2, 0) is 13.0 Å². The highest BCUT2D eigenvalue weighted by atomic mass is 16.5. The van der Waals surface area contributed by atoms with Gasteiger partial charge in [-0.15, -0.1) is 0 Å². The van der Waals surface area contributed by atoms with Crippen LogP contribution in [0, 0.1) is 11.3 Å². The Kier molecular flexibility index (Phi) is 5.00. The van der Waals surface area contributed by atoms with Crippen molar-refractivity contribution in [2.45, 2.75) is 46.1 Å². The van der Waals surface area contributed by atoms with E-state index in [0.29, 0.717) is 13.0 Å². The van der Waals surface area contributed by atoms with Gasteiger partial charge in [-0.25, -0.2) is 4.98 Å². The first kappa shape index (κ1) is 14.4. The lowest BCUT2D eigenvalue weighted by molar-refractivity contribution is 0.340. The highest BCUT2D eigenvalue weighted by molar-refractivity contribution is 5.77. The maximum atomic E-state index is 8.95. The maximum Gasteiger partial charge on any atom is 0.124 e. The van der Waals surface area contributed by atoms with Crippen LogP contribution in [-0.4, -0.2) is 16.2 Å². The minimum atomic E-state index is 0.352. The van der Waals surface area contributed by atoms with Crippen molar-refractivity contribution in [2.24, 2.45) is 0 Å². The Labute approximate surface area is 120 Å². The Hall–Kier alpha value is -2.02. The molecule has 0 aliphatic rings. The summed E-state index contributed by atoms with van der Waals surface area (Å²) in [5.41, 5.74) is 2.01. The molecule has 0 N–H and O–H groups in total. The smallest absolute Gasteiger partial charge is 0.124 e. The third-order valence-corrected chi connectivity index (χ3v) is 3.33. The Balaban J connectivity index is 2.36. The predicted molar refractivity (Wildman–Crippen MR) is 79.7 cm³/mol. The summed E-state index contributed by atoms with van der Waals surface area (Å²) in [5.74, 6) is 1.69. The van der Waals surface area contributed by atoms with E-state index >= 15 is 0 Å². The number of nitrogens with zero attached hydrogens (tertiary/aromatic N) is 3. The quantitative estimate of drug-likeness (QED) is 0.722. The number of rotatable bonds is 7. The van der Waals surface area contributed by atoms with Crippen LogP contribution in [0.25, 0.3) is 11.0 Å². The zero-order valence-corrected chi connectivity index (χ0v) is 12.2. The number of ether oxygens (including phenoxy) is 1. The van der Waals surface area contributed by atoms with Gasteiger partial charge in [0.25, 0.3) is 0 Å². The number of nitriles is 1. The summed E-state index contributed by atoms with van der Waals surface area (Å²) in [4.78, 5) is 4.58. The monoisotopic (exact) mass is 271 g/mol. The van der Waals surface area contributed by atoms with E-state index in [1.165, 1.54) is 12.8 Å². The van der Waals surface area contributed by atoms with Crippen molar-refractivity contribution in [1.82, 2.24) is 9.55 Å². The van der Waals surface area contributed by atoms with Crippen molar-refractivity contribution in [3.05, 3.63) is 24.0 Å². The summed E-state index contributed by atoms with van der Waals surface area (Å²) >= 11 is 0. The number of aromatic nitrogens is 2. The molecule has 0 atom stereocenters. The van der Waals surface area contributed by atoms with Gasteiger partial charge in [0.1, 0.15) is 11.6 Å². The van der Waals surface area contributed by atoms with Gasteiger partial charge in [0.2, 0.25) is 0 Å². The van der Waals surface area contributed by atoms with E-state index in [0.717, 1.165) is 35.6 Å². The molecule has 0 aliphatic heterocycles. The van der Waals surface area contributed by atoms with Crippen LogP contribution in [0.3, 0.4) is 0 Å². The molecule has 0 saturated carbocycles. The predicted octanol–water partition coefficient (Wildman–Crippen LogP) is 3.69. The second-order valence-electron chi connectivity index (χ2n) is 4.81. The third kappa shape index (κ3) is 3.11. The summed E-state index contributed by atoms with van der Waals surface area (Å²) in [6, 6.07) is 8.17. The van der Waals surface area contributed by atoms with Gasteiger partial charge < -0.3 is 9.30 Å². The molecule has 0 bridgehead atoms. The molecule has 0 saturated heterocycles. The van der Waals surface area contributed by atoms with E-state index in [4.69, 9.17) is 10.00 Å². The first-order chi connectivity index (χ1) is 9.80. The number of imidazole rings is 1. The van der Waals surface area contributed by atoms with Crippen molar-refractivity contribution >= 4 is 11.0 Å². The minimum Gasteiger partial charge on any atom is -0.494 e. The highest BCUT2D eigenvalue weighted by Crippen LogP contribution is 2.23. The Morgan fingerprint density at radius 2 is 2.15 bits per heavy atom. The number of fused-ring (bicyclic) bond motifs is 1. The van der Waals surface area contributed by atoms with Gasteiger partial charge in [-0.3, -0.25) is 0 Å². The largest absolute Gasteiger partial charge is 0.494 e. The van der Waals surface area contributed by atoms with Crippen molar-refractivity contribution in [3.8, 4) is 11.8 Å². The third-order valence-electron chi connectivity index (χ3n) is 3.33. The first-order valence-corrected chi connectivity index (χ1v) is 7.29. The van der Waals surface area contributed by atoms with Gasteiger partial charge in [-0.1, -0.05) is 19.8 Å². The number of hydrogen-bond acceptors (Lipinski definition) is 3. The van der Waals surface area contributed by atoms with Gasteiger partial charge in [-0.2, -0.15) is 5.26 Å². The van der Waals surface area contributed by atoms with Crippen LogP contribution < -0.4 is 4.74 Å². The Bertz CT molecular complexity index is 610. The van der Waals surface area contributed by atoms with Crippen LogP contribution in [0.2, 0.25) is 0 Å². The summed E-state index contributed by atoms with van der Waals surface area (Å²) in [6.07, 6.45) is 3.86. The maximum absolute atomic E-state index is 8.95. The van der Waals surface area contributed by atoms with E-state index in [1.807, 2.05) is 25.1 Å². The molecule has 4 heteroatoms. The van der Waals surface area contributed by atoms with Crippen molar-refractivity contribution < 1.29 is 4.74 Å². The van der Waals surface area contributed by atoms with E-state index in [9.17, 15) is 0 Å². The van der Waals surface area contributed by atoms with E-state index in [-0.39, 0.29) is 0 Å². The zero-order valence-electron chi connectivity index (χ0n) is 12.2. The number of unbranched alkanes of at least 4 members (excludes halogenated alkanes) is 2. The average Bonchev–Trinajstić information content (AvgIpc) is 2.77. The Morgan fingerprint density at radius 1 is 1.30 bits per heavy atom. The number of benzene rings is 1. The lowest BCUT2D eigenvalue weighted by atomic mass is 10.2. The lowest BCUT2D eigenvalue weighted by Crippen LogP contribution is -2.03. The Morgan fingerprint density at radius 3 is 2.85 bits per heavy atom. The van der Waals surface area contributed by atoms with Crippen LogP contribution >= 0.6 is 0 Å². The average molecular weight is 271 g/mol. The van der Waals surface area contributed by atoms with Gasteiger partial charge in [0.05, 0.1) is 30.1 Å². The fourth-order valence-corrected chi connectivity index (χ4v) is 2.39. The normalized spacial score (nSPS) is 10.7. The lowest BCUT2D eigenvalue weighted by Gasteiger charge is -2.07. The molecule has 106 valence electrons. The van der Waals surface area contributed by atoms with Gasteiger partial charge >= 0.3 is 0 Å². The van der Waals surface area contributed by atoms with E-state index in [1.54, 1.807) is 0 Å². The molecule has 20 heavy (non-hydrogen) atoms. The van der Waals surface area contributed by atoms with E-state index < -0.39 is 0 Å². The summed E-state index contributed by atoms with van der Waals surface area (Å²) in [7, 11) is 0. The molecule has 0 aliphatic carbocycles. The summed E-state index contributed by atoms with van der Waals surface area (Å²) in [5, 5.41) is 8.95. The van der Waals surface area contributed by atoms with Gasteiger partial charge in [-0.05, 0) is 25.5 Å². The molecule has 1 aromatic heterocycles. The highest BCUT2D eigenvalue weighted by Gasteiger charge is 2.11. The van der Waals surface area contributed by atoms with Crippen LogP contribution in [0.4, 0.5) is 0 Å². The van der Waals surface area contributed by atoms with Crippen molar-refractivity contribution in [3.63, 3.8) is 0 Å². The van der Waals surface area contributed by atoms with Crippen LogP contribution in [0.15, 0.2) is 18.2 Å². The number of aryl methyl sites for hydroxylation is 1. The molecule has 0 unspecified atom stereocenters. The molecular weight excluding hydrogens is 250 g/mol. The second-order valence-corrected chi connectivity index (χ2v) is 4.81. The SMILES string of the molecule is CCCCCn1c(CC#N)nc2cc(OCC)ccc21. The molecule has 2 aromatic rings. The van der Waals surface area contributed by atoms with Crippen LogP contribution in [0.5, 0.6) is 5.75 Å². The minimum absolute atomic E-state index is 0.352. The van der Waals surface area contributed by atoms with E-state index in [2.05, 4.69) is 22.5 Å². The summed E-state index contributed by atoms with van der Waals surface area (Å²) in [6.45, 7) is 5.73. The van der Waals surface area contributed by atoms with Gasteiger partial charge in [0.15, 0.2) is 0 Å². The molecular formula is C16H21N3O. The molecule has 4 nitrogen and oxygen atoms in total. The van der Waals surface area contributed by atoms with Gasteiger partial charge in [0, 0.05) is 12.6 Å². The first-order valence-electron chi connectivity index (χ1n) is 7.29. The summed E-state index contributed by atoms with van der Waals surface area (Å²) < 4.78 is 7.68. The van der Waals surface area contributed by atoms with Crippen molar-refractivity contribution in [1.29, 1.82) is 5.26 Å². The second kappa shape index (κ2) is 6.95. The fourth-order valence-electron chi connectivity index (χ4n) is 2.39. The molecule has 2 rings (SSSR count). The number of hydrogen-bond donors (Lipinski definition) is 0. The molecule has 0 spiro atoms. The molecule has 0 amide bonds. The topological polar surface area (TPSA) is 50.8 Å². The standard InChI is InChI=1S/C16H21N3O/c1-3-5-6-11-19-15-8-7-13(20-4-2)12-14(15)18-16(19)9-10-17/h7-8,12H,3-6,9,11H2,1-2H3.